The first-order valence-corrected chi connectivity index (χ1v) is 4.41. The van der Waals surface area contributed by atoms with Crippen LogP contribution >= 0.6 is 0 Å². The second kappa shape index (κ2) is 4.50. The van der Waals surface area contributed by atoms with Crippen LogP contribution in [0.3, 0.4) is 0 Å². The molecule has 0 amide bonds. The van der Waals surface area contributed by atoms with Gasteiger partial charge in [0.1, 0.15) is 0 Å². The Kier molecular flexibility index (Phi) is 3.58. The molecule has 1 rings (SSSR count). The number of carboxylic acid groups (broad SMARTS) is 1. The van der Waals surface area contributed by atoms with Crippen LogP contribution in [0.25, 0.3) is 0 Å². The lowest BCUT2D eigenvalue weighted by atomic mass is 10.1. The standard InChI is InChI=1S/C8H6F6N2O2/c9-7(10,11)4-1-15-16(2-4)3-5(6(17)18)8(12,13)14/h1-2,5H,3H2,(H,17,18). The smallest absolute Gasteiger partial charge is 0.419 e. The van der Waals surface area contributed by atoms with Crippen LogP contribution in [-0.2, 0) is 17.5 Å². The van der Waals surface area contributed by atoms with Crippen LogP contribution in [0, 0.1) is 5.92 Å². The summed E-state index contributed by atoms with van der Waals surface area (Å²) in [7, 11) is 0. The molecule has 0 saturated heterocycles. The van der Waals surface area contributed by atoms with Gasteiger partial charge in [-0.25, -0.2) is 0 Å². The van der Waals surface area contributed by atoms with Crippen molar-refractivity contribution in [3.05, 3.63) is 18.0 Å². The lowest BCUT2D eigenvalue weighted by Crippen LogP contribution is -2.34. The van der Waals surface area contributed by atoms with E-state index in [1.54, 1.807) is 0 Å². The summed E-state index contributed by atoms with van der Waals surface area (Å²) in [5.74, 6) is -4.98. The van der Waals surface area contributed by atoms with E-state index >= 15 is 0 Å². The number of rotatable bonds is 3. The molecule has 0 spiro atoms. The molecular weight excluding hydrogens is 270 g/mol. The Morgan fingerprint density at radius 2 is 1.89 bits per heavy atom. The third kappa shape index (κ3) is 3.37. The fourth-order valence-corrected chi connectivity index (χ4v) is 1.12. The molecule has 4 nitrogen and oxygen atoms in total. The van der Waals surface area contributed by atoms with Gasteiger partial charge in [0.15, 0.2) is 5.92 Å². The molecule has 0 aliphatic carbocycles. The van der Waals surface area contributed by atoms with Gasteiger partial charge in [-0.1, -0.05) is 0 Å². The summed E-state index contributed by atoms with van der Waals surface area (Å²) in [6.07, 6.45) is -9.15. The van der Waals surface area contributed by atoms with Crippen molar-refractivity contribution in [1.82, 2.24) is 9.78 Å². The highest BCUT2D eigenvalue weighted by atomic mass is 19.4. The monoisotopic (exact) mass is 276 g/mol. The Labute approximate surface area is 95.8 Å². The molecule has 1 unspecified atom stereocenters. The Hall–Kier alpha value is -1.74. The van der Waals surface area contributed by atoms with Gasteiger partial charge in [-0.15, -0.1) is 0 Å². The summed E-state index contributed by atoms with van der Waals surface area (Å²) in [6.45, 7) is -1.21. The minimum Gasteiger partial charge on any atom is -0.481 e. The van der Waals surface area contributed by atoms with E-state index in [9.17, 15) is 31.1 Å². The quantitative estimate of drug-likeness (QED) is 0.861. The molecule has 1 aromatic rings. The number of hydrogen-bond donors (Lipinski definition) is 1. The van der Waals surface area contributed by atoms with Crippen LogP contribution in [0.4, 0.5) is 26.3 Å². The first kappa shape index (κ1) is 14.3. The lowest BCUT2D eigenvalue weighted by molar-refractivity contribution is -0.196. The summed E-state index contributed by atoms with van der Waals surface area (Å²) >= 11 is 0. The zero-order valence-corrected chi connectivity index (χ0v) is 8.46. The third-order valence-corrected chi connectivity index (χ3v) is 2.02. The number of aromatic nitrogens is 2. The second-order valence-corrected chi connectivity index (χ2v) is 3.38. The first-order chi connectivity index (χ1) is 8.01. The Morgan fingerprint density at radius 1 is 1.33 bits per heavy atom. The summed E-state index contributed by atoms with van der Waals surface area (Å²) in [4.78, 5) is 10.4. The predicted molar refractivity (Wildman–Crippen MR) is 44.4 cm³/mol. The van der Waals surface area contributed by atoms with E-state index in [1.165, 1.54) is 0 Å². The highest BCUT2D eigenvalue weighted by Crippen LogP contribution is 2.30. The summed E-state index contributed by atoms with van der Waals surface area (Å²) in [5, 5.41) is 11.4. The molecule has 1 heterocycles. The highest BCUT2D eigenvalue weighted by molar-refractivity contribution is 5.70. The largest absolute Gasteiger partial charge is 0.481 e. The van der Waals surface area contributed by atoms with E-state index in [0.717, 1.165) is 0 Å². The second-order valence-electron chi connectivity index (χ2n) is 3.38. The van der Waals surface area contributed by atoms with Crippen molar-refractivity contribution >= 4 is 5.97 Å². The number of carbonyl (C=O) groups is 1. The fraction of sp³-hybridized carbons (Fsp3) is 0.500. The van der Waals surface area contributed by atoms with Crippen molar-refractivity contribution in [2.45, 2.75) is 18.9 Å². The summed E-state index contributed by atoms with van der Waals surface area (Å²) in [6, 6.07) is 0. The van der Waals surface area contributed by atoms with Crippen LogP contribution in [0.2, 0.25) is 0 Å². The topological polar surface area (TPSA) is 55.1 Å². The van der Waals surface area contributed by atoms with Gasteiger partial charge in [0.25, 0.3) is 0 Å². The lowest BCUT2D eigenvalue weighted by Gasteiger charge is -2.15. The molecule has 0 radical (unpaired) electrons. The van der Waals surface area contributed by atoms with Crippen LogP contribution in [0.1, 0.15) is 5.56 Å². The van der Waals surface area contributed by atoms with Crippen molar-refractivity contribution in [3.63, 3.8) is 0 Å². The minimum atomic E-state index is -5.06. The molecule has 0 bridgehead atoms. The number of hydrogen-bond acceptors (Lipinski definition) is 2. The van der Waals surface area contributed by atoms with E-state index < -0.39 is 36.3 Å². The number of alkyl halides is 6. The van der Waals surface area contributed by atoms with Crippen molar-refractivity contribution in [3.8, 4) is 0 Å². The van der Waals surface area contributed by atoms with Gasteiger partial charge >= 0.3 is 18.3 Å². The number of halogens is 6. The first-order valence-electron chi connectivity index (χ1n) is 4.41. The maximum absolute atomic E-state index is 12.3. The van der Waals surface area contributed by atoms with Crippen LogP contribution < -0.4 is 0 Å². The maximum Gasteiger partial charge on any atom is 0.419 e. The Bertz CT molecular complexity index is 436. The molecule has 0 aliphatic rings. The van der Waals surface area contributed by atoms with Gasteiger partial charge in [0, 0.05) is 6.20 Å². The van der Waals surface area contributed by atoms with E-state index in [-0.39, 0.29) is 0 Å². The van der Waals surface area contributed by atoms with Crippen LogP contribution in [0.15, 0.2) is 12.4 Å². The SMILES string of the molecule is O=C(O)C(Cn1cc(C(F)(F)F)cn1)C(F)(F)F. The predicted octanol–water partition coefficient (Wildman–Crippen LogP) is 2.17. The maximum atomic E-state index is 12.3. The molecule has 0 aliphatic heterocycles. The molecule has 10 heteroatoms. The minimum absolute atomic E-state index is 0.301. The van der Waals surface area contributed by atoms with Crippen molar-refractivity contribution in [2.75, 3.05) is 0 Å². The van der Waals surface area contributed by atoms with Gasteiger partial charge < -0.3 is 5.11 Å². The summed E-state index contributed by atoms with van der Waals surface area (Å²) in [5.41, 5.74) is -1.24. The van der Waals surface area contributed by atoms with Gasteiger partial charge in [-0.05, 0) is 0 Å². The van der Waals surface area contributed by atoms with Gasteiger partial charge in [0.2, 0.25) is 0 Å². The van der Waals surface area contributed by atoms with E-state index in [0.29, 0.717) is 17.1 Å². The van der Waals surface area contributed by atoms with Crippen molar-refractivity contribution in [2.24, 2.45) is 5.92 Å². The normalized spacial score (nSPS) is 14.6. The number of nitrogens with zero attached hydrogens (tertiary/aromatic N) is 2. The van der Waals surface area contributed by atoms with Crippen molar-refractivity contribution in [1.29, 1.82) is 0 Å². The molecular formula is C8H6F6N2O2. The van der Waals surface area contributed by atoms with Gasteiger partial charge in [-0.3, -0.25) is 9.48 Å². The molecule has 18 heavy (non-hydrogen) atoms. The van der Waals surface area contributed by atoms with Crippen LogP contribution in [0.5, 0.6) is 0 Å². The number of carboxylic acids is 1. The Balaban J connectivity index is 2.90. The van der Waals surface area contributed by atoms with Gasteiger partial charge in [0.05, 0.1) is 18.3 Å². The molecule has 1 aromatic heterocycles. The van der Waals surface area contributed by atoms with E-state index in [2.05, 4.69) is 5.10 Å². The third-order valence-electron chi connectivity index (χ3n) is 2.02. The zero-order valence-electron chi connectivity index (χ0n) is 8.46. The molecule has 0 saturated carbocycles. The Morgan fingerprint density at radius 3 is 2.22 bits per heavy atom. The summed E-state index contributed by atoms with van der Waals surface area (Å²) < 4.78 is 73.5. The molecule has 0 aromatic carbocycles. The number of aliphatic carboxylic acids is 1. The van der Waals surface area contributed by atoms with Gasteiger partial charge in [-0.2, -0.15) is 31.4 Å². The molecule has 0 fully saturated rings. The molecule has 102 valence electrons. The van der Waals surface area contributed by atoms with E-state index in [4.69, 9.17) is 5.11 Å². The molecule has 1 N–H and O–H groups in total. The molecule has 1 atom stereocenters. The highest BCUT2D eigenvalue weighted by Gasteiger charge is 2.45. The fourth-order valence-electron chi connectivity index (χ4n) is 1.12. The van der Waals surface area contributed by atoms with Crippen molar-refractivity contribution < 1.29 is 36.2 Å². The zero-order chi connectivity index (χ0) is 14.1. The van der Waals surface area contributed by atoms with E-state index in [1.807, 2.05) is 0 Å². The average molecular weight is 276 g/mol. The van der Waals surface area contributed by atoms with Crippen LogP contribution in [-0.4, -0.2) is 27.0 Å². The average Bonchev–Trinajstić information content (AvgIpc) is 2.58.